The average Bonchev–Trinajstić information content (AvgIpc) is 0.851. The highest BCUT2D eigenvalue weighted by atomic mass is 16.4. The number of guanidine groups is 3. The molecule has 0 aliphatic rings. The average molecular weight is 1520 g/mol. The summed E-state index contributed by atoms with van der Waals surface area (Å²) < 4.78 is 0. The topological polar surface area (TPSA) is 738 Å². The summed E-state index contributed by atoms with van der Waals surface area (Å²) in [6.07, 6.45) is -3.86. The van der Waals surface area contributed by atoms with Crippen molar-refractivity contribution in [2.24, 2.45) is 66.9 Å². The number of nitrogens with two attached hydrogens (primary N) is 7. The van der Waals surface area contributed by atoms with E-state index >= 15 is 0 Å². The normalized spacial score (nSPS) is 14.5. The van der Waals surface area contributed by atoms with Crippen LogP contribution in [-0.2, 0) is 83.1 Å². The zero-order chi connectivity index (χ0) is 81.4. The van der Waals surface area contributed by atoms with Gasteiger partial charge in [0.1, 0.15) is 78.8 Å². The van der Waals surface area contributed by atoms with Crippen molar-refractivity contribution in [3.63, 3.8) is 0 Å². The first kappa shape index (κ1) is 93.3. The van der Waals surface area contributed by atoms with Gasteiger partial charge >= 0.3 is 23.9 Å². The number of amides is 12. The Morgan fingerprint density at radius 2 is 0.748 bits per heavy atom. The monoisotopic (exact) mass is 1520 g/mol. The Bertz CT molecular complexity index is 3330. The summed E-state index contributed by atoms with van der Waals surface area (Å²) in [6.45, 7) is 9.52. The molecule has 0 bridgehead atoms. The number of phenols is 1. The third-order valence-electron chi connectivity index (χ3n) is 15.8. The van der Waals surface area contributed by atoms with Crippen LogP contribution in [0.4, 0.5) is 0 Å². The van der Waals surface area contributed by atoms with Crippen LogP contribution in [0.15, 0.2) is 39.2 Å². The SMILES string of the molecule is CCC(C)C(NC(=O)C(CC(C)C)NC(=O)C(CCCN=C(N)N)NC(=O)C(N)CCCN=C(N)N)C(=O)NC(CCC(=O)O)C(=O)NC(CC(=O)O)C(=O)NC(C)C(=O)NC(CCC(=O)O)C(=O)NC(Cc1ccc(O)cc1)C(=O)NC(C)C(=O)NC(C)C(=O)NC(CCCN=C(N)N)C(=O)NCC(=O)O. The van der Waals surface area contributed by atoms with Crippen molar-refractivity contribution in [2.45, 2.75) is 211 Å². The van der Waals surface area contributed by atoms with Crippen LogP contribution in [0.3, 0.4) is 0 Å². The highest BCUT2D eigenvalue weighted by molar-refractivity contribution is 6.00. The number of aromatic hydroxyl groups is 1. The summed E-state index contributed by atoms with van der Waals surface area (Å²) in [5.74, 6) is -20.5. The number of hydrogen-bond donors (Lipinski definition) is 24. The maximum Gasteiger partial charge on any atom is 0.322 e. The van der Waals surface area contributed by atoms with Gasteiger partial charge in [0.25, 0.3) is 0 Å². The van der Waals surface area contributed by atoms with Gasteiger partial charge in [0.05, 0.1) is 12.5 Å². The summed E-state index contributed by atoms with van der Waals surface area (Å²) in [5, 5.41) is 76.8. The number of benzene rings is 1. The molecule has 12 amide bonds. The van der Waals surface area contributed by atoms with Gasteiger partial charge in [-0.25, -0.2) is 0 Å². The number of aliphatic carboxylic acids is 4. The van der Waals surface area contributed by atoms with Gasteiger partial charge < -0.3 is 129 Å². The molecule has 0 aromatic heterocycles. The molecule has 0 aliphatic carbocycles. The number of carbonyl (C=O) groups excluding carboxylic acids is 12. The number of nitrogens with one attached hydrogen (secondary N) is 12. The molecular weight excluding hydrogens is 1410 g/mol. The Morgan fingerprint density at radius 1 is 0.393 bits per heavy atom. The third kappa shape index (κ3) is 38.6. The largest absolute Gasteiger partial charge is 0.508 e. The number of aliphatic imine (C=N–C) groups is 3. The van der Waals surface area contributed by atoms with Gasteiger partial charge in [0, 0.05) is 38.9 Å². The molecule has 0 saturated heterocycles. The molecule has 43 nitrogen and oxygen atoms in total. The van der Waals surface area contributed by atoms with Crippen molar-refractivity contribution >= 4 is 113 Å². The molecule has 107 heavy (non-hydrogen) atoms. The van der Waals surface area contributed by atoms with E-state index in [4.69, 9.17) is 45.2 Å². The lowest BCUT2D eigenvalue weighted by atomic mass is 9.96. The third-order valence-corrected chi connectivity index (χ3v) is 15.8. The molecule has 1 rings (SSSR count). The first-order chi connectivity index (χ1) is 50.0. The second-order valence-electron chi connectivity index (χ2n) is 25.5. The molecule has 0 fully saturated rings. The first-order valence-electron chi connectivity index (χ1n) is 34.2. The van der Waals surface area contributed by atoms with Crippen molar-refractivity contribution < 1.29 is 102 Å². The molecule has 0 spiro atoms. The number of carboxylic acids is 4. The lowest BCUT2D eigenvalue weighted by Gasteiger charge is -2.30. The number of hydrogen-bond acceptors (Lipinski definition) is 21. The lowest BCUT2D eigenvalue weighted by molar-refractivity contribution is -0.142. The molecule has 0 radical (unpaired) electrons. The van der Waals surface area contributed by atoms with E-state index in [1.165, 1.54) is 38.1 Å². The van der Waals surface area contributed by atoms with E-state index in [1.54, 1.807) is 27.7 Å². The van der Waals surface area contributed by atoms with Gasteiger partial charge in [-0.2, -0.15) is 0 Å². The van der Waals surface area contributed by atoms with Crippen LogP contribution in [0.2, 0.25) is 0 Å². The second-order valence-corrected chi connectivity index (χ2v) is 25.5. The van der Waals surface area contributed by atoms with Gasteiger partial charge in [-0.15, -0.1) is 0 Å². The van der Waals surface area contributed by atoms with E-state index in [0.717, 1.165) is 6.92 Å². The lowest BCUT2D eigenvalue weighted by Crippen LogP contribution is -2.61. The van der Waals surface area contributed by atoms with E-state index in [9.17, 15) is 97.1 Å². The highest BCUT2D eigenvalue weighted by Gasteiger charge is 2.38. The van der Waals surface area contributed by atoms with Crippen molar-refractivity contribution in [3.05, 3.63) is 29.8 Å². The van der Waals surface area contributed by atoms with Crippen molar-refractivity contribution in [3.8, 4) is 5.75 Å². The Balaban J connectivity index is 3.54. The summed E-state index contributed by atoms with van der Waals surface area (Å²) in [6, 6.07) is -13.6. The van der Waals surface area contributed by atoms with E-state index in [0.29, 0.717) is 12.0 Å². The molecule has 598 valence electrons. The number of carbonyl (C=O) groups is 16. The molecule has 0 saturated carbocycles. The van der Waals surface area contributed by atoms with Gasteiger partial charge in [-0.3, -0.25) is 91.7 Å². The first-order valence-corrected chi connectivity index (χ1v) is 34.2. The number of nitrogens with zero attached hydrogens (tertiary/aromatic N) is 3. The fourth-order valence-corrected chi connectivity index (χ4v) is 9.79. The highest BCUT2D eigenvalue weighted by Crippen LogP contribution is 2.16. The molecule has 1 aromatic rings. The van der Waals surface area contributed by atoms with E-state index in [1.807, 2.05) is 0 Å². The van der Waals surface area contributed by atoms with Crippen LogP contribution < -0.4 is 104 Å². The van der Waals surface area contributed by atoms with Crippen molar-refractivity contribution in [1.29, 1.82) is 0 Å². The fraction of sp³-hybridized carbons (Fsp3) is 0.609. The minimum atomic E-state index is -2.11. The maximum absolute atomic E-state index is 14.4. The van der Waals surface area contributed by atoms with Crippen molar-refractivity contribution in [2.75, 3.05) is 26.2 Å². The number of phenolic OH excluding ortho intramolecular Hbond substituents is 1. The molecule has 31 N–H and O–H groups in total. The van der Waals surface area contributed by atoms with Gasteiger partial charge in [0.15, 0.2) is 17.9 Å². The minimum absolute atomic E-state index is 0.0302. The van der Waals surface area contributed by atoms with Crippen molar-refractivity contribution in [1.82, 2.24) is 63.8 Å². The van der Waals surface area contributed by atoms with Gasteiger partial charge in [0.2, 0.25) is 70.9 Å². The van der Waals surface area contributed by atoms with E-state index < -0.39 is 218 Å². The summed E-state index contributed by atoms with van der Waals surface area (Å²) >= 11 is 0. The van der Waals surface area contributed by atoms with Crippen LogP contribution in [-0.4, -0.2) is 237 Å². The Kier molecular flexibility index (Phi) is 42.2. The van der Waals surface area contributed by atoms with Crippen LogP contribution in [0.5, 0.6) is 5.75 Å². The molecule has 13 atom stereocenters. The summed E-state index contributed by atoms with van der Waals surface area (Å²) in [5.41, 5.74) is 38.8. The van der Waals surface area contributed by atoms with Crippen LogP contribution in [0.1, 0.15) is 138 Å². The van der Waals surface area contributed by atoms with Gasteiger partial charge in [-0.1, -0.05) is 46.2 Å². The van der Waals surface area contributed by atoms with E-state index in [-0.39, 0.29) is 94.1 Å². The number of rotatable bonds is 51. The van der Waals surface area contributed by atoms with Gasteiger partial charge in [-0.05, 0) is 108 Å². The molecular formula is C64H106N22O21. The maximum atomic E-state index is 14.4. The fourth-order valence-electron chi connectivity index (χ4n) is 9.79. The second kappa shape index (κ2) is 48.4. The molecule has 13 unspecified atom stereocenters. The standard InChI is InChI=1S/C64H106N22O21/c1-8-31(4)49(86-60(106)42(26-30(2)3)83-55(101)39(14-11-25-74-64(70)71)81-53(99)37(65)12-9-23-72-62(66)67)61(107)82-41(20-22-46(90)91)57(103)85-44(28-47(92)93)59(105)78-34(7)52(98)80-40(19-21-45(88)89)56(102)84-43(27-35-15-17-36(87)18-16-35)58(104)77-32(5)50(96)76-33(6)51(97)79-38(13-10-24-73-63(68)69)54(100)75-29-48(94)95/h15-18,30-34,37-44,49,87H,8-14,19-29,65H2,1-7H3,(H,75,100)(H,76,96)(H,77,104)(H,78,105)(H,79,97)(H,80,98)(H,81,99)(H,82,107)(H,83,101)(H,84,102)(H,85,103)(H,86,106)(H,88,89)(H,90,91)(H,92,93)(H,94,95)(H4,66,67,72)(H4,68,69,73)(H4,70,71,74). The number of carboxylic acid groups (broad SMARTS) is 4. The Morgan fingerprint density at radius 3 is 1.17 bits per heavy atom. The minimum Gasteiger partial charge on any atom is -0.508 e. The Labute approximate surface area is 616 Å². The zero-order valence-corrected chi connectivity index (χ0v) is 60.8. The predicted molar refractivity (Wildman–Crippen MR) is 383 cm³/mol. The molecule has 0 heterocycles. The van der Waals surface area contributed by atoms with E-state index in [2.05, 4.69) is 78.8 Å². The van der Waals surface area contributed by atoms with Crippen LogP contribution in [0, 0.1) is 11.8 Å². The smallest absolute Gasteiger partial charge is 0.322 e. The molecule has 0 aliphatic heterocycles. The summed E-state index contributed by atoms with van der Waals surface area (Å²) in [7, 11) is 0. The predicted octanol–water partition coefficient (Wildman–Crippen LogP) is -7.69. The quantitative estimate of drug-likeness (QED) is 0.0164. The molecule has 43 heteroatoms. The summed E-state index contributed by atoms with van der Waals surface area (Å²) in [4.78, 5) is 225. The molecule has 1 aromatic carbocycles. The Hall–Kier alpha value is -11.7. The van der Waals surface area contributed by atoms with Crippen LogP contribution >= 0.6 is 0 Å². The van der Waals surface area contributed by atoms with Crippen LogP contribution in [0.25, 0.3) is 0 Å². The zero-order valence-electron chi connectivity index (χ0n) is 60.8.